The maximum Gasteiger partial charge on any atom is 0.0948 e. The molecule has 0 radical (unpaired) electrons. The quantitative estimate of drug-likeness (QED) is 0.874. The second-order valence-electron chi connectivity index (χ2n) is 4.74. The minimum absolute atomic E-state index is 0.322. The predicted molar refractivity (Wildman–Crippen MR) is 81.9 cm³/mol. The highest BCUT2D eigenvalue weighted by Crippen LogP contribution is 2.18. The van der Waals surface area contributed by atoms with E-state index in [9.17, 15) is 0 Å². The highest BCUT2D eigenvalue weighted by Gasteiger charge is 2.07. The van der Waals surface area contributed by atoms with Crippen LogP contribution >= 0.6 is 15.9 Å². The van der Waals surface area contributed by atoms with Crippen LogP contribution in [0.1, 0.15) is 37.6 Å². The van der Waals surface area contributed by atoms with Crippen LogP contribution in [-0.2, 0) is 13.1 Å². The molecule has 2 aromatic rings. The van der Waals surface area contributed by atoms with Crippen LogP contribution in [-0.4, -0.2) is 9.55 Å². The molecule has 0 amide bonds. The lowest BCUT2D eigenvalue weighted by Gasteiger charge is -2.15. The van der Waals surface area contributed by atoms with Gasteiger partial charge in [-0.2, -0.15) is 0 Å². The number of halogens is 1. The molecule has 0 unspecified atom stereocenters. The molecule has 1 N–H and O–H groups in total. The summed E-state index contributed by atoms with van der Waals surface area (Å²) >= 11 is 3.51. The maximum atomic E-state index is 4.22. The van der Waals surface area contributed by atoms with Crippen LogP contribution in [0, 0.1) is 0 Å². The van der Waals surface area contributed by atoms with Crippen molar-refractivity contribution in [2.75, 3.05) is 0 Å². The van der Waals surface area contributed by atoms with Crippen molar-refractivity contribution in [1.82, 2.24) is 14.9 Å². The number of aryl methyl sites for hydroxylation is 1. The second kappa shape index (κ2) is 6.87. The molecule has 1 aromatic carbocycles. The Morgan fingerprint density at radius 2 is 2.26 bits per heavy atom. The molecule has 4 heteroatoms. The first-order valence-electron chi connectivity index (χ1n) is 6.68. The topological polar surface area (TPSA) is 29.9 Å². The number of hydrogen-bond donors (Lipinski definition) is 1. The fourth-order valence-electron chi connectivity index (χ4n) is 2.09. The van der Waals surface area contributed by atoms with Crippen molar-refractivity contribution in [3.63, 3.8) is 0 Å². The Morgan fingerprint density at radius 1 is 1.42 bits per heavy atom. The Hall–Kier alpha value is -1.13. The van der Waals surface area contributed by atoms with Crippen LogP contribution in [0.2, 0.25) is 0 Å². The number of rotatable bonds is 6. The summed E-state index contributed by atoms with van der Waals surface area (Å²) in [5.41, 5.74) is 2.53. The molecule has 0 saturated heterocycles. The third kappa shape index (κ3) is 3.91. The molecule has 0 bridgehead atoms. The van der Waals surface area contributed by atoms with E-state index in [0.717, 1.165) is 24.0 Å². The van der Waals surface area contributed by atoms with Gasteiger partial charge in [0.1, 0.15) is 0 Å². The van der Waals surface area contributed by atoms with Crippen molar-refractivity contribution in [3.05, 3.63) is 52.5 Å². The van der Waals surface area contributed by atoms with Crippen LogP contribution in [0.15, 0.2) is 41.3 Å². The average molecular weight is 322 g/mol. The van der Waals surface area contributed by atoms with Crippen molar-refractivity contribution < 1.29 is 0 Å². The van der Waals surface area contributed by atoms with E-state index in [2.05, 4.69) is 62.8 Å². The summed E-state index contributed by atoms with van der Waals surface area (Å²) in [5.74, 6) is 0. The number of imidazole rings is 1. The van der Waals surface area contributed by atoms with Gasteiger partial charge in [0.05, 0.1) is 12.0 Å². The molecule has 19 heavy (non-hydrogen) atoms. The Kier molecular flexibility index (Phi) is 5.16. The van der Waals surface area contributed by atoms with Crippen molar-refractivity contribution >= 4 is 15.9 Å². The SMILES string of the molecule is CCCn1cncc1CN[C@@H](C)c1cccc(Br)c1. The lowest BCUT2D eigenvalue weighted by molar-refractivity contribution is 0.541. The van der Waals surface area contributed by atoms with Crippen molar-refractivity contribution in [1.29, 1.82) is 0 Å². The highest BCUT2D eigenvalue weighted by atomic mass is 79.9. The predicted octanol–water partition coefficient (Wildman–Crippen LogP) is 3.91. The molecule has 1 heterocycles. The first-order valence-corrected chi connectivity index (χ1v) is 7.48. The molecule has 0 saturated carbocycles. The molecular formula is C15H20BrN3. The summed E-state index contributed by atoms with van der Waals surface area (Å²) in [6, 6.07) is 8.74. The van der Waals surface area contributed by atoms with E-state index in [0.29, 0.717) is 6.04 Å². The van der Waals surface area contributed by atoms with E-state index < -0.39 is 0 Å². The first-order chi connectivity index (χ1) is 9.20. The fraction of sp³-hybridized carbons (Fsp3) is 0.400. The van der Waals surface area contributed by atoms with Gasteiger partial charge in [-0.1, -0.05) is 35.0 Å². The van der Waals surface area contributed by atoms with E-state index in [-0.39, 0.29) is 0 Å². The molecule has 0 aliphatic heterocycles. The Morgan fingerprint density at radius 3 is 3.00 bits per heavy atom. The number of aromatic nitrogens is 2. The molecule has 102 valence electrons. The fourth-order valence-corrected chi connectivity index (χ4v) is 2.51. The molecule has 0 aliphatic carbocycles. The Balaban J connectivity index is 1.96. The van der Waals surface area contributed by atoms with Gasteiger partial charge in [-0.05, 0) is 31.0 Å². The van der Waals surface area contributed by atoms with Gasteiger partial charge < -0.3 is 9.88 Å². The maximum absolute atomic E-state index is 4.22. The van der Waals surface area contributed by atoms with E-state index in [1.54, 1.807) is 0 Å². The van der Waals surface area contributed by atoms with E-state index in [1.165, 1.54) is 11.3 Å². The molecule has 1 aromatic heterocycles. The zero-order chi connectivity index (χ0) is 13.7. The van der Waals surface area contributed by atoms with Gasteiger partial charge in [0, 0.05) is 29.8 Å². The third-order valence-corrected chi connectivity index (χ3v) is 3.69. The van der Waals surface area contributed by atoms with E-state index in [1.807, 2.05) is 18.6 Å². The Labute approximate surface area is 123 Å². The summed E-state index contributed by atoms with van der Waals surface area (Å²) in [5, 5.41) is 3.55. The van der Waals surface area contributed by atoms with Gasteiger partial charge in [0.25, 0.3) is 0 Å². The molecule has 2 rings (SSSR count). The van der Waals surface area contributed by atoms with E-state index >= 15 is 0 Å². The van der Waals surface area contributed by atoms with Gasteiger partial charge in [0.15, 0.2) is 0 Å². The minimum Gasteiger partial charge on any atom is -0.333 e. The molecule has 1 atom stereocenters. The average Bonchev–Trinajstić information content (AvgIpc) is 2.84. The van der Waals surface area contributed by atoms with Crippen LogP contribution < -0.4 is 5.32 Å². The second-order valence-corrected chi connectivity index (χ2v) is 5.65. The van der Waals surface area contributed by atoms with Gasteiger partial charge in [-0.15, -0.1) is 0 Å². The van der Waals surface area contributed by atoms with Crippen molar-refractivity contribution in [3.8, 4) is 0 Å². The number of hydrogen-bond acceptors (Lipinski definition) is 2. The van der Waals surface area contributed by atoms with Crippen LogP contribution in [0.4, 0.5) is 0 Å². The third-order valence-electron chi connectivity index (χ3n) is 3.20. The minimum atomic E-state index is 0.322. The van der Waals surface area contributed by atoms with E-state index in [4.69, 9.17) is 0 Å². The molecule has 3 nitrogen and oxygen atoms in total. The zero-order valence-electron chi connectivity index (χ0n) is 11.4. The van der Waals surface area contributed by atoms with Gasteiger partial charge in [-0.3, -0.25) is 0 Å². The van der Waals surface area contributed by atoms with Gasteiger partial charge in [-0.25, -0.2) is 4.98 Å². The van der Waals surface area contributed by atoms with Crippen LogP contribution in [0.5, 0.6) is 0 Å². The largest absolute Gasteiger partial charge is 0.333 e. The molecular weight excluding hydrogens is 302 g/mol. The van der Waals surface area contributed by atoms with Crippen LogP contribution in [0.25, 0.3) is 0 Å². The summed E-state index contributed by atoms with van der Waals surface area (Å²) in [4.78, 5) is 4.22. The lowest BCUT2D eigenvalue weighted by Crippen LogP contribution is -2.20. The van der Waals surface area contributed by atoms with Crippen molar-refractivity contribution in [2.24, 2.45) is 0 Å². The van der Waals surface area contributed by atoms with Gasteiger partial charge >= 0.3 is 0 Å². The van der Waals surface area contributed by atoms with Gasteiger partial charge in [0.2, 0.25) is 0 Å². The number of nitrogens with one attached hydrogen (secondary N) is 1. The first kappa shape index (κ1) is 14.3. The summed E-state index contributed by atoms with van der Waals surface area (Å²) < 4.78 is 3.33. The zero-order valence-corrected chi connectivity index (χ0v) is 13.0. The number of benzene rings is 1. The Bertz CT molecular complexity index is 522. The molecule has 0 fully saturated rings. The summed E-state index contributed by atoms with van der Waals surface area (Å²) in [6.07, 6.45) is 4.98. The van der Waals surface area contributed by atoms with Crippen molar-refractivity contribution in [2.45, 2.75) is 39.4 Å². The smallest absolute Gasteiger partial charge is 0.0948 e. The molecule has 0 spiro atoms. The summed E-state index contributed by atoms with van der Waals surface area (Å²) in [6.45, 7) is 6.24. The normalized spacial score (nSPS) is 12.6. The summed E-state index contributed by atoms with van der Waals surface area (Å²) in [7, 11) is 0. The van der Waals surface area contributed by atoms with Crippen LogP contribution in [0.3, 0.4) is 0 Å². The highest BCUT2D eigenvalue weighted by molar-refractivity contribution is 9.10. The number of nitrogens with zero attached hydrogens (tertiary/aromatic N) is 2. The molecule has 0 aliphatic rings. The standard InChI is InChI=1S/C15H20BrN3/c1-3-7-19-11-17-9-15(19)10-18-12(2)13-5-4-6-14(16)8-13/h4-6,8-9,11-12,18H,3,7,10H2,1-2H3/t12-/m0/s1. The monoisotopic (exact) mass is 321 g/mol. The lowest BCUT2D eigenvalue weighted by atomic mass is 10.1.